The fraction of sp³-hybridized carbons (Fsp3) is 0.342. The number of hydrogen-bond acceptors (Lipinski definition) is 12. The van der Waals surface area contributed by atoms with Crippen LogP contribution in [0.4, 0.5) is 0 Å². The first-order chi connectivity index (χ1) is 24.2. The van der Waals surface area contributed by atoms with Gasteiger partial charge in [0.05, 0.1) is 80.0 Å². The van der Waals surface area contributed by atoms with Crippen molar-refractivity contribution in [3.63, 3.8) is 0 Å². The molecule has 0 saturated heterocycles. The van der Waals surface area contributed by atoms with Gasteiger partial charge in [-0.3, -0.25) is 4.79 Å². The van der Waals surface area contributed by atoms with Crippen molar-refractivity contribution in [2.45, 2.75) is 30.7 Å². The van der Waals surface area contributed by atoms with Gasteiger partial charge in [0.1, 0.15) is 40.6 Å². The van der Waals surface area contributed by atoms with Crippen molar-refractivity contribution < 1.29 is 57.3 Å². The number of benzene rings is 4. The number of rotatable bonds is 11. The van der Waals surface area contributed by atoms with Crippen LogP contribution in [0.2, 0.25) is 0 Å². The van der Waals surface area contributed by atoms with Crippen LogP contribution in [0.5, 0.6) is 57.5 Å². The SMILES string of the molecule is COc1cc(OC)c2c(c1)O[C@H](c1ccc(OC)c(OC)c1)C(=O)[C@H]2c1c(OC)cc(OC)c2c1O[C@H](c1ccc(OC)c(OC)c1)[C@@H](O)C2. The molecule has 4 aromatic carbocycles. The number of hydrogen-bond donors (Lipinski definition) is 1. The Hall–Kier alpha value is -5.49. The first kappa shape index (κ1) is 34.4. The fourth-order valence-electron chi connectivity index (χ4n) is 6.72. The quantitative estimate of drug-likeness (QED) is 0.210. The zero-order valence-corrected chi connectivity index (χ0v) is 29.2. The highest BCUT2D eigenvalue weighted by Crippen LogP contribution is 2.56. The van der Waals surface area contributed by atoms with Crippen molar-refractivity contribution >= 4 is 5.78 Å². The van der Waals surface area contributed by atoms with Gasteiger partial charge in [0, 0.05) is 35.7 Å². The third-order valence-corrected chi connectivity index (χ3v) is 9.14. The summed E-state index contributed by atoms with van der Waals surface area (Å²) in [6.45, 7) is 0. The first-order valence-corrected chi connectivity index (χ1v) is 15.8. The molecule has 6 rings (SSSR count). The molecule has 4 aromatic rings. The van der Waals surface area contributed by atoms with E-state index in [9.17, 15) is 5.11 Å². The van der Waals surface area contributed by atoms with Gasteiger partial charge >= 0.3 is 0 Å². The molecular weight excluding hydrogens is 648 g/mol. The maximum Gasteiger partial charge on any atom is 0.190 e. The van der Waals surface area contributed by atoms with Crippen molar-refractivity contribution in [2.24, 2.45) is 0 Å². The van der Waals surface area contributed by atoms with Crippen LogP contribution in [0.3, 0.4) is 0 Å². The van der Waals surface area contributed by atoms with Crippen LogP contribution in [0.15, 0.2) is 54.6 Å². The van der Waals surface area contributed by atoms with Crippen LogP contribution >= 0.6 is 0 Å². The van der Waals surface area contributed by atoms with E-state index in [-0.39, 0.29) is 12.2 Å². The molecule has 0 bridgehead atoms. The van der Waals surface area contributed by atoms with Crippen LogP contribution in [0.25, 0.3) is 0 Å². The first-order valence-electron chi connectivity index (χ1n) is 15.8. The average Bonchev–Trinajstić information content (AvgIpc) is 3.15. The van der Waals surface area contributed by atoms with Gasteiger partial charge in [-0.25, -0.2) is 0 Å². The molecule has 264 valence electrons. The summed E-state index contributed by atoms with van der Waals surface area (Å²) in [5.41, 5.74) is 2.62. The zero-order valence-electron chi connectivity index (χ0n) is 29.2. The van der Waals surface area contributed by atoms with Gasteiger partial charge in [-0.15, -0.1) is 0 Å². The number of carbonyl (C=O) groups excluding carboxylic acids is 1. The predicted octanol–water partition coefficient (Wildman–Crippen LogP) is 5.63. The molecule has 0 fully saturated rings. The number of aliphatic hydroxyl groups is 1. The number of carbonyl (C=O) groups is 1. The van der Waals surface area contributed by atoms with Crippen molar-refractivity contribution in [3.8, 4) is 57.5 Å². The highest BCUT2D eigenvalue weighted by Gasteiger charge is 2.46. The lowest BCUT2D eigenvalue weighted by atomic mass is 9.78. The summed E-state index contributed by atoms with van der Waals surface area (Å²) in [6, 6.07) is 15.6. The van der Waals surface area contributed by atoms with E-state index in [0.717, 1.165) is 0 Å². The molecule has 2 heterocycles. The molecule has 50 heavy (non-hydrogen) atoms. The highest BCUT2D eigenvalue weighted by molar-refractivity contribution is 5.98. The Morgan fingerprint density at radius 2 is 1.14 bits per heavy atom. The second-order valence-corrected chi connectivity index (χ2v) is 11.6. The Morgan fingerprint density at radius 1 is 0.580 bits per heavy atom. The third kappa shape index (κ3) is 5.79. The minimum atomic E-state index is -1.09. The average molecular weight is 689 g/mol. The van der Waals surface area contributed by atoms with Gasteiger partial charge in [-0.05, 0) is 29.8 Å². The molecule has 0 amide bonds. The molecule has 12 nitrogen and oxygen atoms in total. The van der Waals surface area contributed by atoms with Crippen molar-refractivity contribution in [1.82, 2.24) is 0 Å². The number of ketones is 1. The molecule has 4 atom stereocenters. The Labute approximate surface area is 290 Å². The lowest BCUT2D eigenvalue weighted by molar-refractivity contribution is -0.128. The molecule has 0 spiro atoms. The number of fused-ring (bicyclic) bond motifs is 2. The summed E-state index contributed by atoms with van der Waals surface area (Å²) in [6.07, 6.45) is -2.78. The Bertz CT molecular complexity index is 1900. The van der Waals surface area contributed by atoms with E-state index in [4.69, 9.17) is 47.4 Å². The normalized spacial score (nSPS) is 19.2. The molecule has 0 aromatic heterocycles. The van der Waals surface area contributed by atoms with Gasteiger partial charge in [0.25, 0.3) is 0 Å². The monoisotopic (exact) mass is 688 g/mol. The van der Waals surface area contributed by atoms with E-state index < -0.39 is 24.2 Å². The van der Waals surface area contributed by atoms with E-state index in [0.29, 0.717) is 85.3 Å². The van der Waals surface area contributed by atoms with Crippen LogP contribution in [-0.4, -0.2) is 73.9 Å². The largest absolute Gasteiger partial charge is 0.496 e. The maximum atomic E-state index is 15.0. The maximum absolute atomic E-state index is 15.0. The summed E-state index contributed by atoms with van der Waals surface area (Å²) in [5, 5.41) is 11.5. The summed E-state index contributed by atoms with van der Waals surface area (Å²) >= 11 is 0. The molecular formula is C38H40O12. The molecule has 1 N–H and O–H groups in total. The van der Waals surface area contributed by atoms with E-state index in [1.807, 2.05) is 0 Å². The lowest BCUT2D eigenvalue weighted by Crippen LogP contribution is -2.34. The Balaban J connectivity index is 1.60. The minimum Gasteiger partial charge on any atom is -0.496 e. The van der Waals surface area contributed by atoms with Crippen LogP contribution in [0, 0.1) is 0 Å². The van der Waals surface area contributed by atoms with Gasteiger partial charge < -0.3 is 52.5 Å². The molecule has 12 heteroatoms. The smallest absolute Gasteiger partial charge is 0.190 e. The second kappa shape index (κ2) is 14.2. The zero-order chi connectivity index (χ0) is 35.7. The molecule has 0 unspecified atom stereocenters. The number of aliphatic hydroxyl groups excluding tert-OH is 1. The minimum absolute atomic E-state index is 0.150. The van der Waals surface area contributed by atoms with Gasteiger partial charge in [-0.2, -0.15) is 0 Å². The molecule has 0 saturated carbocycles. The van der Waals surface area contributed by atoms with Crippen LogP contribution < -0.4 is 47.4 Å². The molecule has 0 aliphatic carbocycles. The second-order valence-electron chi connectivity index (χ2n) is 11.6. The van der Waals surface area contributed by atoms with Gasteiger partial charge in [0.2, 0.25) is 0 Å². The van der Waals surface area contributed by atoms with E-state index >= 15 is 4.79 Å². The number of ether oxygens (including phenoxy) is 10. The summed E-state index contributed by atoms with van der Waals surface area (Å²) in [5.74, 6) is 2.87. The topological polar surface area (TPSA) is 130 Å². The van der Waals surface area contributed by atoms with Crippen LogP contribution in [-0.2, 0) is 11.2 Å². The number of Topliss-reactive ketones (excluding diaryl/α,β-unsaturated/α-hetero) is 1. The van der Waals surface area contributed by atoms with E-state index in [1.54, 1.807) is 61.7 Å². The standard InChI is InChI=1S/C38H40O12/c1-41-21-15-29(47-7)32-31(16-21)49-37(20-10-12-25(43-3)28(14-20)46-6)35(40)34(32)33-30(48-8)18-26(44-4)22-17-23(39)36(50-38(22)33)19-9-11-24(42-2)27(13-19)45-5/h9-16,18,23,34,36-37,39H,17H2,1-8H3/t23-,34+,36+,37+/m0/s1. The fourth-order valence-corrected chi connectivity index (χ4v) is 6.72. The number of methoxy groups -OCH3 is 8. The third-order valence-electron chi connectivity index (χ3n) is 9.14. The van der Waals surface area contributed by atoms with Crippen molar-refractivity contribution in [2.75, 3.05) is 56.9 Å². The lowest BCUT2D eigenvalue weighted by Gasteiger charge is -2.38. The highest BCUT2D eigenvalue weighted by atomic mass is 16.5. The van der Waals surface area contributed by atoms with Gasteiger partial charge in [0.15, 0.2) is 34.9 Å². The van der Waals surface area contributed by atoms with Crippen LogP contribution in [0.1, 0.15) is 45.9 Å². The molecule has 2 aliphatic rings. The summed E-state index contributed by atoms with van der Waals surface area (Å²) in [7, 11) is 12.2. The summed E-state index contributed by atoms with van der Waals surface area (Å²) < 4.78 is 58.4. The molecule has 2 aliphatic heterocycles. The molecule has 0 radical (unpaired) electrons. The van der Waals surface area contributed by atoms with Crippen molar-refractivity contribution in [1.29, 1.82) is 0 Å². The summed E-state index contributed by atoms with van der Waals surface area (Å²) in [4.78, 5) is 15.0. The van der Waals surface area contributed by atoms with Crippen molar-refractivity contribution in [3.05, 3.63) is 82.4 Å². The Kier molecular flexibility index (Phi) is 9.74. The Morgan fingerprint density at radius 3 is 1.72 bits per heavy atom. The van der Waals surface area contributed by atoms with Gasteiger partial charge in [-0.1, -0.05) is 12.1 Å². The van der Waals surface area contributed by atoms with E-state index in [1.165, 1.54) is 49.8 Å². The van der Waals surface area contributed by atoms with E-state index in [2.05, 4.69) is 0 Å². The predicted molar refractivity (Wildman–Crippen MR) is 181 cm³/mol.